The molecule has 106 valence electrons. The van der Waals surface area contributed by atoms with Crippen molar-refractivity contribution in [2.75, 3.05) is 5.32 Å². The molecule has 0 radical (unpaired) electrons. The van der Waals surface area contributed by atoms with Crippen molar-refractivity contribution in [2.45, 2.75) is 20.8 Å². The van der Waals surface area contributed by atoms with Gasteiger partial charge in [-0.05, 0) is 44.5 Å². The fraction of sp³-hybridized carbons (Fsp3) is 0.167. The zero-order valence-corrected chi connectivity index (χ0v) is 12.6. The SMILES string of the molecule is Cc1ccc(Nc2nc(C)cn2-c2ccccc2)c(C)c1. The number of anilines is 2. The number of hydrogen-bond donors (Lipinski definition) is 1. The summed E-state index contributed by atoms with van der Waals surface area (Å²) in [5.74, 6) is 0.839. The highest BCUT2D eigenvalue weighted by molar-refractivity contribution is 5.61. The lowest BCUT2D eigenvalue weighted by Crippen LogP contribution is -2.02. The molecule has 0 unspecified atom stereocenters. The smallest absolute Gasteiger partial charge is 0.212 e. The second-order valence-corrected chi connectivity index (χ2v) is 5.35. The molecule has 0 atom stereocenters. The fourth-order valence-electron chi connectivity index (χ4n) is 2.45. The minimum atomic E-state index is 0.839. The van der Waals surface area contributed by atoms with E-state index in [1.807, 2.05) is 31.3 Å². The summed E-state index contributed by atoms with van der Waals surface area (Å²) in [4.78, 5) is 4.60. The third kappa shape index (κ3) is 2.82. The normalized spacial score (nSPS) is 10.6. The fourth-order valence-corrected chi connectivity index (χ4v) is 2.45. The van der Waals surface area contributed by atoms with E-state index in [1.54, 1.807) is 0 Å². The Morgan fingerprint density at radius 2 is 1.71 bits per heavy atom. The monoisotopic (exact) mass is 277 g/mol. The van der Waals surface area contributed by atoms with Crippen molar-refractivity contribution in [3.05, 3.63) is 71.5 Å². The molecule has 3 aromatic rings. The number of para-hydroxylation sites is 1. The van der Waals surface area contributed by atoms with Crippen molar-refractivity contribution in [1.29, 1.82) is 0 Å². The summed E-state index contributed by atoms with van der Waals surface area (Å²) in [5, 5.41) is 3.44. The zero-order chi connectivity index (χ0) is 14.8. The number of aryl methyl sites for hydroxylation is 3. The van der Waals surface area contributed by atoms with Crippen molar-refractivity contribution in [3.63, 3.8) is 0 Å². The van der Waals surface area contributed by atoms with Gasteiger partial charge < -0.3 is 5.32 Å². The van der Waals surface area contributed by atoms with Gasteiger partial charge in [0.05, 0.1) is 5.69 Å². The summed E-state index contributed by atoms with van der Waals surface area (Å²) in [7, 11) is 0. The van der Waals surface area contributed by atoms with E-state index in [9.17, 15) is 0 Å². The summed E-state index contributed by atoms with van der Waals surface area (Å²) < 4.78 is 2.08. The van der Waals surface area contributed by atoms with Crippen molar-refractivity contribution in [3.8, 4) is 5.69 Å². The van der Waals surface area contributed by atoms with Crippen molar-refractivity contribution in [1.82, 2.24) is 9.55 Å². The highest BCUT2D eigenvalue weighted by atomic mass is 15.2. The predicted molar refractivity (Wildman–Crippen MR) is 87.5 cm³/mol. The maximum atomic E-state index is 4.60. The Balaban J connectivity index is 2.00. The average molecular weight is 277 g/mol. The molecular weight excluding hydrogens is 258 g/mol. The Morgan fingerprint density at radius 1 is 0.952 bits per heavy atom. The molecule has 0 saturated heterocycles. The molecule has 2 aromatic carbocycles. The third-order valence-corrected chi connectivity index (χ3v) is 3.49. The van der Waals surface area contributed by atoms with Crippen LogP contribution in [0.2, 0.25) is 0 Å². The molecule has 0 aliphatic heterocycles. The van der Waals surface area contributed by atoms with Crippen LogP contribution in [0.5, 0.6) is 0 Å². The first-order valence-electron chi connectivity index (χ1n) is 7.09. The van der Waals surface area contributed by atoms with Gasteiger partial charge in [0, 0.05) is 17.6 Å². The van der Waals surface area contributed by atoms with Gasteiger partial charge in [0.15, 0.2) is 0 Å². The van der Waals surface area contributed by atoms with E-state index in [4.69, 9.17) is 0 Å². The highest BCUT2D eigenvalue weighted by Gasteiger charge is 2.08. The van der Waals surface area contributed by atoms with Gasteiger partial charge in [-0.3, -0.25) is 4.57 Å². The molecule has 0 saturated carbocycles. The van der Waals surface area contributed by atoms with Crippen LogP contribution in [0.3, 0.4) is 0 Å². The number of rotatable bonds is 3. The Morgan fingerprint density at radius 3 is 2.43 bits per heavy atom. The first-order chi connectivity index (χ1) is 10.1. The summed E-state index contributed by atoms with van der Waals surface area (Å²) in [5.41, 5.74) is 5.66. The second kappa shape index (κ2) is 5.44. The molecule has 3 heteroatoms. The summed E-state index contributed by atoms with van der Waals surface area (Å²) in [6, 6.07) is 16.6. The van der Waals surface area contributed by atoms with Gasteiger partial charge in [-0.15, -0.1) is 0 Å². The standard InChI is InChI=1S/C18H19N3/c1-13-9-10-17(14(2)11-13)20-18-19-15(3)12-21(18)16-7-5-4-6-8-16/h4-12H,1-3H3,(H,19,20). The number of benzene rings is 2. The van der Waals surface area contributed by atoms with E-state index in [0.717, 1.165) is 23.0 Å². The lowest BCUT2D eigenvalue weighted by molar-refractivity contribution is 1.06. The van der Waals surface area contributed by atoms with Crippen LogP contribution in [0.15, 0.2) is 54.7 Å². The average Bonchev–Trinajstić information content (AvgIpc) is 2.84. The van der Waals surface area contributed by atoms with Crippen LogP contribution in [0, 0.1) is 20.8 Å². The second-order valence-electron chi connectivity index (χ2n) is 5.35. The van der Waals surface area contributed by atoms with Gasteiger partial charge in [-0.2, -0.15) is 0 Å². The van der Waals surface area contributed by atoms with Gasteiger partial charge in [-0.1, -0.05) is 35.9 Å². The van der Waals surface area contributed by atoms with E-state index < -0.39 is 0 Å². The molecule has 0 aliphatic carbocycles. The topological polar surface area (TPSA) is 29.9 Å². The zero-order valence-electron chi connectivity index (χ0n) is 12.6. The minimum Gasteiger partial charge on any atom is -0.325 e. The van der Waals surface area contributed by atoms with Crippen LogP contribution >= 0.6 is 0 Å². The maximum Gasteiger partial charge on any atom is 0.212 e. The van der Waals surface area contributed by atoms with Crippen LogP contribution in [0.1, 0.15) is 16.8 Å². The van der Waals surface area contributed by atoms with Crippen molar-refractivity contribution in [2.24, 2.45) is 0 Å². The first-order valence-corrected chi connectivity index (χ1v) is 7.09. The maximum absolute atomic E-state index is 4.60. The minimum absolute atomic E-state index is 0.839. The summed E-state index contributed by atoms with van der Waals surface area (Å²) >= 11 is 0. The van der Waals surface area contributed by atoms with E-state index in [0.29, 0.717) is 0 Å². The van der Waals surface area contributed by atoms with E-state index >= 15 is 0 Å². The molecule has 1 aromatic heterocycles. The molecular formula is C18H19N3. The first kappa shape index (κ1) is 13.4. The van der Waals surface area contributed by atoms with Gasteiger partial charge >= 0.3 is 0 Å². The molecule has 0 aliphatic rings. The number of imidazole rings is 1. The van der Waals surface area contributed by atoms with Gasteiger partial charge in [0.25, 0.3) is 0 Å². The molecule has 21 heavy (non-hydrogen) atoms. The van der Waals surface area contributed by atoms with Crippen LogP contribution < -0.4 is 5.32 Å². The van der Waals surface area contributed by atoms with Gasteiger partial charge in [0.2, 0.25) is 5.95 Å². The molecule has 0 fully saturated rings. The van der Waals surface area contributed by atoms with Crippen LogP contribution in [-0.2, 0) is 0 Å². The van der Waals surface area contributed by atoms with Crippen molar-refractivity contribution < 1.29 is 0 Å². The van der Waals surface area contributed by atoms with Crippen LogP contribution in [-0.4, -0.2) is 9.55 Å². The van der Waals surface area contributed by atoms with Crippen LogP contribution in [0.4, 0.5) is 11.6 Å². The lowest BCUT2D eigenvalue weighted by Gasteiger charge is -2.12. The third-order valence-electron chi connectivity index (χ3n) is 3.49. The Labute approximate surface area is 125 Å². The van der Waals surface area contributed by atoms with Crippen molar-refractivity contribution >= 4 is 11.6 Å². The lowest BCUT2D eigenvalue weighted by atomic mass is 10.1. The largest absolute Gasteiger partial charge is 0.325 e. The summed E-state index contributed by atoms with van der Waals surface area (Å²) in [6.07, 6.45) is 2.04. The number of nitrogens with zero attached hydrogens (tertiary/aromatic N) is 2. The Bertz CT molecular complexity index is 757. The molecule has 3 rings (SSSR count). The van der Waals surface area contributed by atoms with E-state index in [-0.39, 0.29) is 0 Å². The van der Waals surface area contributed by atoms with E-state index in [2.05, 4.69) is 59.0 Å². The molecule has 0 bridgehead atoms. The molecule has 0 spiro atoms. The number of aromatic nitrogens is 2. The van der Waals surface area contributed by atoms with Gasteiger partial charge in [0.1, 0.15) is 0 Å². The number of nitrogens with one attached hydrogen (secondary N) is 1. The van der Waals surface area contributed by atoms with Crippen LogP contribution in [0.25, 0.3) is 5.69 Å². The quantitative estimate of drug-likeness (QED) is 0.761. The Kier molecular flexibility index (Phi) is 3.48. The number of hydrogen-bond acceptors (Lipinski definition) is 2. The highest BCUT2D eigenvalue weighted by Crippen LogP contribution is 2.23. The van der Waals surface area contributed by atoms with E-state index in [1.165, 1.54) is 11.1 Å². The molecule has 1 heterocycles. The molecule has 1 N–H and O–H groups in total. The van der Waals surface area contributed by atoms with Gasteiger partial charge in [-0.25, -0.2) is 4.98 Å². The Hall–Kier alpha value is -2.55. The summed E-state index contributed by atoms with van der Waals surface area (Å²) in [6.45, 7) is 6.22. The molecule has 0 amide bonds. The predicted octanol–water partition coefficient (Wildman–Crippen LogP) is 4.54. The molecule has 3 nitrogen and oxygen atoms in total.